The second kappa shape index (κ2) is 11.9. The van der Waals surface area contributed by atoms with Crippen molar-refractivity contribution in [2.24, 2.45) is 5.92 Å². The highest BCUT2D eigenvalue weighted by Crippen LogP contribution is 2.25. The lowest BCUT2D eigenvalue weighted by Gasteiger charge is -2.35. The second-order valence-electron chi connectivity index (χ2n) is 8.95. The molecule has 0 spiro atoms. The van der Waals surface area contributed by atoms with Gasteiger partial charge in [-0.25, -0.2) is 0 Å². The number of piperidine rings is 1. The van der Waals surface area contributed by atoms with E-state index in [0.717, 1.165) is 25.4 Å². The van der Waals surface area contributed by atoms with E-state index in [1.807, 2.05) is 12.1 Å². The molecule has 0 aliphatic carbocycles. The van der Waals surface area contributed by atoms with Crippen LogP contribution in [0.2, 0.25) is 10.0 Å². The van der Waals surface area contributed by atoms with E-state index in [1.165, 1.54) is 49.0 Å². The molecule has 3 aromatic carbocycles. The molecular weight excluding hydrogens is 435 g/mol. The molecule has 1 saturated heterocycles. The summed E-state index contributed by atoms with van der Waals surface area (Å²) >= 11 is 12.4. The van der Waals surface area contributed by atoms with Gasteiger partial charge in [0, 0.05) is 19.1 Å². The minimum absolute atomic E-state index is 0.359. The van der Waals surface area contributed by atoms with Gasteiger partial charge in [-0.15, -0.1) is 0 Å². The molecule has 2 nitrogen and oxygen atoms in total. The van der Waals surface area contributed by atoms with E-state index in [9.17, 15) is 0 Å². The van der Waals surface area contributed by atoms with Crippen molar-refractivity contribution in [3.63, 3.8) is 0 Å². The third kappa shape index (κ3) is 7.08. The van der Waals surface area contributed by atoms with Gasteiger partial charge in [0.25, 0.3) is 0 Å². The number of benzene rings is 3. The average molecular weight is 467 g/mol. The lowest BCUT2D eigenvalue weighted by atomic mass is 9.90. The predicted molar refractivity (Wildman–Crippen MR) is 137 cm³/mol. The van der Waals surface area contributed by atoms with Crippen molar-refractivity contribution < 1.29 is 0 Å². The van der Waals surface area contributed by atoms with Crippen molar-refractivity contribution in [2.75, 3.05) is 19.6 Å². The summed E-state index contributed by atoms with van der Waals surface area (Å²) in [5.41, 5.74) is 4.00. The SMILES string of the molecule is Clc1ccc(CC(CN2CCC(Cc3ccccc3)CC2)NCc2ccccc2)cc1Cl. The fourth-order valence-electron chi connectivity index (χ4n) is 4.64. The van der Waals surface area contributed by atoms with Crippen LogP contribution in [-0.4, -0.2) is 30.6 Å². The van der Waals surface area contributed by atoms with Crippen LogP contribution < -0.4 is 5.32 Å². The molecule has 1 N–H and O–H groups in total. The number of rotatable bonds is 9. The van der Waals surface area contributed by atoms with Crippen molar-refractivity contribution in [3.8, 4) is 0 Å². The third-order valence-corrected chi connectivity index (χ3v) is 7.20. The van der Waals surface area contributed by atoms with Crippen molar-refractivity contribution in [2.45, 2.75) is 38.3 Å². The predicted octanol–water partition coefficient (Wildman–Crippen LogP) is 6.65. The zero-order valence-electron chi connectivity index (χ0n) is 18.5. The van der Waals surface area contributed by atoms with Crippen LogP contribution in [0.5, 0.6) is 0 Å². The Morgan fingerprint density at radius 3 is 2.09 bits per heavy atom. The summed E-state index contributed by atoms with van der Waals surface area (Å²) in [6, 6.07) is 27.9. The van der Waals surface area contributed by atoms with E-state index in [-0.39, 0.29) is 0 Å². The zero-order chi connectivity index (χ0) is 22.2. The van der Waals surface area contributed by atoms with Crippen LogP contribution >= 0.6 is 23.2 Å². The van der Waals surface area contributed by atoms with Crippen molar-refractivity contribution in [1.82, 2.24) is 10.2 Å². The molecule has 168 valence electrons. The monoisotopic (exact) mass is 466 g/mol. The number of halogens is 2. The Labute approximate surface area is 202 Å². The van der Waals surface area contributed by atoms with Crippen LogP contribution in [0.1, 0.15) is 29.5 Å². The fourth-order valence-corrected chi connectivity index (χ4v) is 4.96. The summed E-state index contributed by atoms with van der Waals surface area (Å²) in [6.07, 6.45) is 4.68. The highest BCUT2D eigenvalue weighted by atomic mass is 35.5. The molecule has 4 heteroatoms. The van der Waals surface area contributed by atoms with E-state index in [1.54, 1.807) is 0 Å². The van der Waals surface area contributed by atoms with Gasteiger partial charge in [0.1, 0.15) is 0 Å². The first kappa shape index (κ1) is 23.3. The number of likely N-dealkylation sites (tertiary alicyclic amines) is 1. The Balaban J connectivity index is 1.34. The summed E-state index contributed by atoms with van der Waals surface area (Å²) in [5.74, 6) is 0.791. The molecule has 1 aliphatic rings. The van der Waals surface area contributed by atoms with E-state index in [4.69, 9.17) is 23.2 Å². The van der Waals surface area contributed by atoms with Crippen LogP contribution in [0.25, 0.3) is 0 Å². The van der Waals surface area contributed by atoms with Crippen molar-refractivity contribution in [1.29, 1.82) is 0 Å². The average Bonchev–Trinajstić information content (AvgIpc) is 2.82. The van der Waals surface area contributed by atoms with Crippen LogP contribution in [0.4, 0.5) is 0 Å². The lowest BCUT2D eigenvalue weighted by molar-refractivity contribution is 0.167. The van der Waals surface area contributed by atoms with Gasteiger partial charge >= 0.3 is 0 Å². The summed E-state index contributed by atoms with van der Waals surface area (Å²) in [4.78, 5) is 2.63. The number of nitrogens with one attached hydrogen (secondary N) is 1. The van der Waals surface area contributed by atoms with Gasteiger partial charge in [0.2, 0.25) is 0 Å². The minimum Gasteiger partial charge on any atom is -0.308 e. The normalized spacial score (nSPS) is 16.2. The Kier molecular flexibility index (Phi) is 8.64. The zero-order valence-corrected chi connectivity index (χ0v) is 20.0. The van der Waals surface area contributed by atoms with Crippen LogP contribution in [-0.2, 0) is 19.4 Å². The molecule has 0 radical (unpaired) electrons. The first-order chi connectivity index (χ1) is 15.7. The van der Waals surface area contributed by atoms with Crippen LogP contribution in [0.15, 0.2) is 78.9 Å². The molecule has 4 rings (SSSR count). The Bertz CT molecular complexity index is 954. The Morgan fingerprint density at radius 2 is 1.44 bits per heavy atom. The Morgan fingerprint density at radius 1 is 0.781 bits per heavy atom. The van der Waals surface area contributed by atoms with Gasteiger partial charge in [0.05, 0.1) is 10.0 Å². The summed E-state index contributed by atoms with van der Waals surface area (Å²) < 4.78 is 0. The van der Waals surface area contributed by atoms with Crippen molar-refractivity contribution >= 4 is 23.2 Å². The molecule has 1 unspecified atom stereocenters. The maximum atomic E-state index is 6.28. The van der Waals surface area contributed by atoms with Gasteiger partial charge in [-0.2, -0.15) is 0 Å². The summed E-state index contributed by atoms with van der Waals surface area (Å²) in [5, 5.41) is 5.05. The number of hydrogen-bond acceptors (Lipinski definition) is 2. The van der Waals surface area contributed by atoms with Gasteiger partial charge in [-0.05, 0) is 73.5 Å². The molecule has 0 bridgehead atoms. The lowest BCUT2D eigenvalue weighted by Crippen LogP contribution is -2.45. The van der Waals surface area contributed by atoms with Gasteiger partial charge in [-0.3, -0.25) is 0 Å². The molecular formula is C28H32Cl2N2. The molecule has 32 heavy (non-hydrogen) atoms. The molecule has 1 aliphatic heterocycles. The molecule has 1 atom stereocenters. The van der Waals surface area contributed by atoms with E-state index < -0.39 is 0 Å². The standard InChI is InChI=1S/C28H32Cl2N2/c29-27-12-11-25(19-28(27)30)18-26(31-20-24-9-5-2-6-10-24)21-32-15-13-23(14-16-32)17-22-7-3-1-4-8-22/h1-12,19,23,26,31H,13-18,20-21H2. The molecule has 1 fully saturated rings. The Hall–Kier alpha value is -1.84. The molecule has 0 aromatic heterocycles. The van der Waals surface area contributed by atoms with E-state index >= 15 is 0 Å². The van der Waals surface area contributed by atoms with Crippen LogP contribution in [0.3, 0.4) is 0 Å². The number of hydrogen-bond donors (Lipinski definition) is 1. The summed E-state index contributed by atoms with van der Waals surface area (Å²) in [6.45, 7) is 4.26. The van der Waals surface area contributed by atoms with E-state index in [2.05, 4.69) is 76.9 Å². The van der Waals surface area contributed by atoms with Gasteiger partial charge in [0.15, 0.2) is 0 Å². The number of nitrogens with zero attached hydrogens (tertiary/aromatic N) is 1. The first-order valence-corrected chi connectivity index (χ1v) is 12.4. The topological polar surface area (TPSA) is 15.3 Å². The quantitative estimate of drug-likeness (QED) is 0.379. The molecule has 0 amide bonds. The highest BCUT2D eigenvalue weighted by Gasteiger charge is 2.22. The third-order valence-electron chi connectivity index (χ3n) is 6.46. The first-order valence-electron chi connectivity index (χ1n) is 11.6. The molecule has 3 aromatic rings. The van der Waals surface area contributed by atoms with Gasteiger partial charge in [-0.1, -0.05) is 89.9 Å². The molecule has 1 heterocycles. The largest absolute Gasteiger partial charge is 0.308 e. The van der Waals surface area contributed by atoms with Crippen LogP contribution in [0, 0.1) is 5.92 Å². The minimum atomic E-state index is 0.359. The van der Waals surface area contributed by atoms with Crippen molar-refractivity contribution in [3.05, 3.63) is 106 Å². The maximum absolute atomic E-state index is 6.28. The maximum Gasteiger partial charge on any atom is 0.0595 e. The second-order valence-corrected chi connectivity index (χ2v) is 9.76. The van der Waals surface area contributed by atoms with Gasteiger partial charge < -0.3 is 10.2 Å². The smallest absolute Gasteiger partial charge is 0.0595 e. The molecule has 0 saturated carbocycles. The van der Waals surface area contributed by atoms with E-state index in [0.29, 0.717) is 16.1 Å². The highest BCUT2D eigenvalue weighted by molar-refractivity contribution is 6.42. The summed E-state index contributed by atoms with van der Waals surface area (Å²) in [7, 11) is 0. The fraction of sp³-hybridized carbons (Fsp3) is 0.357.